The van der Waals surface area contributed by atoms with Crippen molar-refractivity contribution in [3.63, 3.8) is 0 Å². The molecule has 0 aromatic carbocycles. The highest BCUT2D eigenvalue weighted by atomic mass is 32.2. The Balaban J connectivity index is 2.59. The highest BCUT2D eigenvalue weighted by Gasteiger charge is 2.24. The lowest BCUT2D eigenvalue weighted by Crippen LogP contribution is -2.42. The van der Waals surface area contributed by atoms with E-state index in [-0.39, 0.29) is 31.1 Å². The van der Waals surface area contributed by atoms with Gasteiger partial charge in [0, 0.05) is 13.0 Å². The van der Waals surface area contributed by atoms with Crippen molar-refractivity contribution >= 4 is 23.6 Å². The van der Waals surface area contributed by atoms with Crippen LogP contribution in [0.4, 0.5) is 4.79 Å². The van der Waals surface area contributed by atoms with Gasteiger partial charge < -0.3 is 14.4 Å². The molecule has 1 amide bonds. The first-order valence-electron chi connectivity index (χ1n) is 7.73. The van der Waals surface area contributed by atoms with Crippen molar-refractivity contribution in [2.75, 3.05) is 26.0 Å². The number of nitrogens with zero attached hydrogens (tertiary/aromatic N) is 1. The van der Waals surface area contributed by atoms with Gasteiger partial charge in [0.2, 0.25) is 0 Å². The zero-order valence-electron chi connectivity index (χ0n) is 14.0. The first kappa shape index (κ1) is 19.0. The largest absolute Gasteiger partial charge is 0.446 e. The van der Waals surface area contributed by atoms with Gasteiger partial charge in [0.15, 0.2) is 5.78 Å². The van der Waals surface area contributed by atoms with Crippen LogP contribution in [0.5, 0.6) is 0 Å². The van der Waals surface area contributed by atoms with Gasteiger partial charge in [-0.05, 0) is 38.4 Å². The second-order valence-electron chi connectivity index (χ2n) is 5.69. The van der Waals surface area contributed by atoms with Gasteiger partial charge >= 0.3 is 6.09 Å². The number of amides is 1. The minimum atomic E-state index is -0.397. The van der Waals surface area contributed by atoms with Gasteiger partial charge in [0.25, 0.3) is 0 Å². The molecule has 126 valence electrons. The molecule has 0 aliphatic carbocycles. The minimum Gasteiger partial charge on any atom is -0.446 e. The first-order chi connectivity index (χ1) is 10.5. The molecule has 0 saturated carbocycles. The number of hydrogen-bond donors (Lipinski definition) is 0. The monoisotopic (exact) mass is 329 g/mol. The van der Waals surface area contributed by atoms with Crippen LogP contribution >= 0.6 is 11.8 Å². The number of hydrogen-bond acceptors (Lipinski definition) is 5. The number of rotatable bonds is 5. The fourth-order valence-electron chi connectivity index (χ4n) is 2.24. The lowest BCUT2D eigenvalue weighted by molar-refractivity contribution is -0.128. The van der Waals surface area contributed by atoms with Crippen molar-refractivity contribution in [2.24, 2.45) is 0 Å². The molecule has 0 aromatic heterocycles. The standard InChI is InChI=1S/C16H27NO4S/c1-5-15(8-12(2)11-22-4)21-16(19)17-7-6-13(3)20-10-14(18)9-17/h11,13,15H,5-10H2,1-4H3/b12-11+/t13-,15?/m0/s1. The number of carbonyl (C=O) groups excluding carboxylic acids is 2. The molecule has 1 aliphatic rings. The van der Waals surface area contributed by atoms with Gasteiger partial charge in [-0.15, -0.1) is 11.8 Å². The Morgan fingerprint density at radius 1 is 1.59 bits per heavy atom. The van der Waals surface area contributed by atoms with Gasteiger partial charge in [-0.3, -0.25) is 4.79 Å². The second-order valence-corrected chi connectivity index (χ2v) is 6.40. The Labute approximate surface area is 137 Å². The van der Waals surface area contributed by atoms with Crippen LogP contribution in [0.2, 0.25) is 0 Å². The molecule has 0 bridgehead atoms. The molecule has 1 fully saturated rings. The van der Waals surface area contributed by atoms with Gasteiger partial charge in [-0.2, -0.15) is 0 Å². The van der Waals surface area contributed by atoms with E-state index in [2.05, 4.69) is 5.41 Å². The van der Waals surface area contributed by atoms with E-state index in [1.807, 2.05) is 27.0 Å². The van der Waals surface area contributed by atoms with Crippen molar-refractivity contribution in [1.29, 1.82) is 0 Å². The lowest BCUT2D eigenvalue weighted by atomic mass is 10.1. The van der Waals surface area contributed by atoms with Crippen LogP contribution in [0.1, 0.15) is 40.0 Å². The van der Waals surface area contributed by atoms with Crippen molar-refractivity contribution in [3.8, 4) is 0 Å². The molecular formula is C16H27NO4S. The number of ketones is 1. The molecule has 1 heterocycles. The summed E-state index contributed by atoms with van der Waals surface area (Å²) in [5, 5.41) is 2.06. The smallest absolute Gasteiger partial charge is 0.410 e. The Hall–Kier alpha value is -1.01. The van der Waals surface area contributed by atoms with Gasteiger partial charge in [-0.1, -0.05) is 12.5 Å². The summed E-state index contributed by atoms with van der Waals surface area (Å²) < 4.78 is 10.9. The van der Waals surface area contributed by atoms with E-state index in [0.29, 0.717) is 13.0 Å². The van der Waals surface area contributed by atoms with E-state index in [0.717, 1.165) is 12.8 Å². The minimum absolute atomic E-state index is 0.0201. The van der Waals surface area contributed by atoms with E-state index >= 15 is 0 Å². The summed E-state index contributed by atoms with van der Waals surface area (Å²) in [5.74, 6) is -0.0880. The number of ether oxygens (including phenoxy) is 2. The summed E-state index contributed by atoms with van der Waals surface area (Å²) >= 11 is 1.64. The maximum Gasteiger partial charge on any atom is 0.410 e. The summed E-state index contributed by atoms with van der Waals surface area (Å²) in [6, 6.07) is 0. The zero-order chi connectivity index (χ0) is 16.5. The Morgan fingerprint density at radius 3 is 2.95 bits per heavy atom. The van der Waals surface area contributed by atoms with Crippen LogP contribution in [-0.2, 0) is 14.3 Å². The summed E-state index contributed by atoms with van der Waals surface area (Å²) in [6.07, 6.45) is 3.64. The maximum atomic E-state index is 12.3. The van der Waals surface area contributed by atoms with Crippen LogP contribution in [-0.4, -0.2) is 54.9 Å². The van der Waals surface area contributed by atoms with E-state index in [1.165, 1.54) is 10.5 Å². The first-order valence-corrected chi connectivity index (χ1v) is 9.02. The summed E-state index contributed by atoms with van der Waals surface area (Å²) in [7, 11) is 0. The average molecular weight is 329 g/mol. The van der Waals surface area contributed by atoms with Crippen molar-refractivity contribution in [3.05, 3.63) is 11.0 Å². The molecule has 22 heavy (non-hydrogen) atoms. The molecule has 6 heteroatoms. The molecule has 2 atom stereocenters. The molecule has 1 saturated heterocycles. The van der Waals surface area contributed by atoms with Gasteiger partial charge in [0.05, 0.1) is 12.6 Å². The number of Topliss-reactive ketones (excluding diaryl/α,β-unsaturated/α-hetero) is 1. The molecule has 0 N–H and O–H groups in total. The fourth-order valence-corrected chi connectivity index (χ4v) is 2.74. The molecule has 0 spiro atoms. The molecule has 1 rings (SSSR count). The third kappa shape index (κ3) is 6.83. The van der Waals surface area contributed by atoms with Crippen LogP contribution in [0.15, 0.2) is 11.0 Å². The summed E-state index contributed by atoms with van der Waals surface area (Å²) in [5.41, 5.74) is 1.19. The Kier molecular flexibility index (Phi) is 8.56. The van der Waals surface area contributed by atoms with Crippen LogP contribution in [0, 0.1) is 0 Å². The quantitative estimate of drug-likeness (QED) is 0.775. The normalized spacial score (nSPS) is 22.0. The molecule has 5 nitrogen and oxygen atoms in total. The van der Waals surface area contributed by atoms with Crippen LogP contribution in [0.25, 0.3) is 0 Å². The van der Waals surface area contributed by atoms with Gasteiger partial charge in [0.1, 0.15) is 12.7 Å². The SMILES string of the molecule is CCC(C/C(C)=C/SC)OC(=O)N1CC[C@H](C)OCC(=O)C1. The van der Waals surface area contributed by atoms with Gasteiger partial charge in [-0.25, -0.2) is 4.79 Å². The summed E-state index contributed by atoms with van der Waals surface area (Å²) in [4.78, 5) is 25.5. The lowest BCUT2D eigenvalue weighted by Gasteiger charge is -2.28. The van der Waals surface area contributed by atoms with Crippen molar-refractivity contribution < 1.29 is 19.1 Å². The predicted molar refractivity (Wildman–Crippen MR) is 89.1 cm³/mol. The fraction of sp³-hybridized carbons (Fsp3) is 0.750. The predicted octanol–water partition coefficient (Wildman–Crippen LogP) is 3.24. The Morgan fingerprint density at radius 2 is 2.32 bits per heavy atom. The summed E-state index contributed by atoms with van der Waals surface area (Å²) in [6.45, 7) is 6.57. The van der Waals surface area contributed by atoms with Crippen LogP contribution < -0.4 is 0 Å². The number of carbonyl (C=O) groups is 2. The van der Waals surface area contributed by atoms with E-state index < -0.39 is 6.09 Å². The van der Waals surface area contributed by atoms with Crippen molar-refractivity contribution in [2.45, 2.75) is 52.2 Å². The number of thioether (sulfide) groups is 1. The molecule has 0 radical (unpaired) electrons. The topological polar surface area (TPSA) is 55.8 Å². The van der Waals surface area contributed by atoms with Crippen LogP contribution in [0.3, 0.4) is 0 Å². The molecule has 1 aliphatic heterocycles. The molecule has 1 unspecified atom stereocenters. The third-order valence-corrected chi connectivity index (χ3v) is 4.19. The zero-order valence-corrected chi connectivity index (χ0v) is 14.8. The average Bonchev–Trinajstić information content (AvgIpc) is 2.46. The molecular weight excluding hydrogens is 302 g/mol. The van der Waals surface area contributed by atoms with E-state index in [1.54, 1.807) is 11.8 Å². The third-order valence-electron chi connectivity index (χ3n) is 3.55. The van der Waals surface area contributed by atoms with E-state index in [9.17, 15) is 9.59 Å². The highest BCUT2D eigenvalue weighted by Crippen LogP contribution is 2.16. The second kappa shape index (κ2) is 9.90. The highest BCUT2D eigenvalue weighted by molar-refractivity contribution is 8.01. The van der Waals surface area contributed by atoms with E-state index in [4.69, 9.17) is 9.47 Å². The molecule has 0 aromatic rings. The maximum absolute atomic E-state index is 12.3. The van der Waals surface area contributed by atoms with Crippen molar-refractivity contribution in [1.82, 2.24) is 4.90 Å². The Bertz CT molecular complexity index is 411.